The maximum absolute atomic E-state index is 11.5. The minimum atomic E-state index is -0.358. The third-order valence-corrected chi connectivity index (χ3v) is 3.21. The van der Waals surface area contributed by atoms with Crippen molar-refractivity contribution in [2.75, 3.05) is 0 Å². The van der Waals surface area contributed by atoms with Crippen molar-refractivity contribution >= 4 is 33.9 Å². The van der Waals surface area contributed by atoms with Crippen molar-refractivity contribution in [1.29, 1.82) is 0 Å². The number of benzene rings is 1. The quantitative estimate of drug-likeness (QED) is 0.615. The number of halogens is 1. The van der Waals surface area contributed by atoms with E-state index >= 15 is 0 Å². The van der Waals surface area contributed by atoms with E-state index in [4.69, 9.17) is 4.18 Å². The highest BCUT2D eigenvalue weighted by atomic mass is 79.9. The van der Waals surface area contributed by atoms with E-state index in [0.717, 1.165) is 21.4 Å². The lowest BCUT2D eigenvalue weighted by Crippen LogP contribution is -2.07. The zero-order chi connectivity index (χ0) is 12.1. The van der Waals surface area contributed by atoms with E-state index in [0.29, 0.717) is 5.57 Å². The van der Waals surface area contributed by atoms with Crippen molar-refractivity contribution in [2.24, 2.45) is 5.92 Å². The highest BCUT2D eigenvalue weighted by molar-refractivity contribution is 9.10. The monoisotopic (exact) mass is 300 g/mol. The van der Waals surface area contributed by atoms with Gasteiger partial charge < -0.3 is 4.18 Å². The molecule has 0 aliphatic carbocycles. The van der Waals surface area contributed by atoms with Gasteiger partial charge in [-0.2, -0.15) is 0 Å². The first-order chi connectivity index (χ1) is 7.50. The molecule has 0 saturated heterocycles. The van der Waals surface area contributed by atoms with Crippen LogP contribution in [0.5, 0.6) is 0 Å². The van der Waals surface area contributed by atoms with Gasteiger partial charge in [-0.1, -0.05) is 36.4 Å². The summed E-state index contributed by atoms with van der Waals surface area (Å²) in [5, 5.41) is 0. The number of hydrogen-bond acceptors (Lipinski definition) is 3. The minimum absolute atomic E-state index is 0.109. The zero-order valence-corrected chi connectivity index (χ0v) is 11.6. The summed E-state index contributed by atoms with van der Waals surface area (Å²) < 4.78 is 6.05. The first-order valence-corrected chi connectivity index (χ1v) is 6.37. The van der Waals surface area contributed by atoms with Crippen LogP contribution in [0.2, 0.25) is 0 Å². The molecule has 86 valence electrons. The first kappa shape index (κ1) is 13.3. The van der Waals surface area contributed by atoms with Gasteiger partial charge in [0.15, 0.2) is 0 Å². The van der Waals surface area contributed by atoms with Crippen LogP contribution >= 0.6 is 28.0 Å². The summed E-state index contributed by atoms with van der Waals surface area (Å²) in [6.45, 7) is 7.51. The fraction of sp³-hybridized carbons (Fsp3) is 0.250. The van der Waals surface area contributed by atoms with Gasteiger partial charge in [0.25, 0.3) is 0 Å². The summed E-state index contributed by atoms with van der Waals surface area (Å²) in [5.74, 6) is -0.249. The van der Waals surface area contributed by atoms with E-state index in [1.165, 1.54) is 0 Å². The van der Waals surface area contributed by atoms with Crippen LogP contribution in [0.4, 0.5) is 0 Å². The Morgan fingerprint density at radius 2 is 1.94 bits per heavy atom. The van der Waals surface area contributed by atoms with Crippen molar-refractivity contribution in [3.63, 3.8) is 0 Å². The molecule has 0 N–H and O–H groups in total. The number of carbonyl (C=O) groups excluding carboxylic acids is 1. The van der Waals surface area contributed by atoms with Crippen molar-refractivity contribution in [3.05, 3.63) is 40.9 Å². The summed E-state index contributed by atoms with van der Waals surface area (Å²) in [6.07, 6.45) is 0. The van der Waals surface area contributed by atoms with E-state index < -0.39 is 0 Å². The standard InChI is InChI=1S/C12H13BrO2S/c1-8(2)9(3)12(14)15-16-11-6-4-10(13)5-7-11/h4-8H,3H2,1-2H3. The SMILES string of the molecule is C=C(C(=O)OSc1ccc(Br)cc1)C(C)C. The Morgan fingerprint density at radius 3 is 2.44 bits per heavy atom. The van der Waals surface area contributed by atoms with Gasteiger partial charge in [0.05, 0.1) is 12.0 Å². The Morgan fingerprint density at radius 1 is 1.38 bits per heavy atom. The van der Waals surface area contributed by atoms with Crippen LogP contribution < -0.4 is 0 Å². The lowest BCUT2D eigenvalue weighted by Gasteiger charge is -2.07. The summed E-state index contributed by atoms with van der Waals surface area (Å²) in [7, 11) is 0. The van der Waals surface area contributed by atoms with Crippen LogP contribution in [0.1, 0.15) is 13.8 Å². The van der Waals surface area contributed by atoms with Crippen molar-refractivity contribution in [3.8, 4) is 0 Å². The van der Waals surface area contributed by atoms with E-state index in [2.05, 4.69) is 22.5 Å². The Balaban J connectivity index is 2.49. The van der Waals surface area contributed by atoms with Gasteiger partial charge in [0.2, 0.25) is 0 Å². The molecule has 16 heavy (non-hydrogen) atoms. The number of hydrogen-bond donors (Lipinski definition) is 0. The van der Waals surface area contributed by atoms with Crippen molar-refractivity contribution in [2.45, 2.75) is 18.7 Å². The third kappa shape index (κ3) is 4.02. The second-order valence-corrected chi connectivity index (χ2v) is 5.31. The van der Waals surface area contributed by atoms with Crippen molar-refractivity contribution < 1.29 is 8.98 Å². The molecular weight excluding hydrogens is 288 g/mol. The van der Waals surface area contributed by atoms with Gasteiger partial charge >= 0.3 is 5.97 Å². The molecule has 0 aromatic heterocycles. The van der Waals surface area contributed by atoms with Crippen LogP contribution in [-0.4, -0.2) is 5.97 Å². The zero-order valence-electron chi connectivity index (χ0n) is 9.20. The molecule has 0 amide bonds. The summed E-state index contributed by atoms with van der Waals surface area (Å²) in [4.78, 5) is 12.4. The fourth-order valence-electron chi connectivity index (χ4n) is 0.865. The molecule has 0 unspecified atom stereocenters. The van der Waals surface area contributed by atoms with E-state index in [1.54, 1.807) is 0 Å². The third-order valence-electron chi connectivity index (χ3n) is 1.99. The van der Waals surface area contributed by atoms with Gasteiger partial charge in [0.1, 0.15) is 0 Å². The molecule has 0 atom stereocenters. The summed E-state index contributed by atoms with van der Waals surface area (Å²) >= 11 is 4.39. The average Bonchev–Trinajstić information content (AvgIpc) is 2.26. The predicted molar refractivity (Wildman–Crippen MR) is 70.1 cm³/mol. The molecule has 0 aliphatic heterocycles. The Labute approximate surface area is 108 Å². The van der Waals surface area contributed by atoms with Gasteiger partial charge in [-0.3, -0.25) is 0 Å². The van der Waals surface area contributed by atoms with Gasteiger partial charge in [0, 0.05) is 14.9 Å². The van der Waals surface area contributed by atoms with E-state index in [1.807, 2.05) is 38.1 Å². The molecule has 0 bridgehead atoms. The molecule has 1 rings (SSSR count). The molecule has 0 fully saturated rings. The van der Waals surface area contributed by atoms with Crippen LogP contribution in [-0.2, 0) is 8.98 Å². The van der Waals surface area contributed by atoms with Gasteiger partial charge in [-0.25, -0.2) is 4.79 Å². The predicted octanol–water partition coefficient (Wildman–Crippen LogP) is 4.21. The smallest absolute Gasteiger partial charge is 0.346 e. The molecular formula is C12H13BrO2S. The highest BCUT2D eigenvalue weighted by Gasteiger charge is 2.12. The fourth-order valence-corrected chi connectivity index (χ4v) is 1.66. The van der Waals surface area contributed by atoms with Crippen LogP contribution in [0.25, 0.3) is 0 Å². The maximum Gasteiger partial charge on any atom is 0.346 e. The van der Waals surface area contributed by atoms with Crippen molar-refractivity contribution in [1.82, 2.24) is 0 Å². The van der Waals surface area contributed by atoms with E-state index in [-0.39, 0.29) is 11.9 Å². The Hall–Kier alpha value is -0.740. The normalized spacial score (nSPS) is 10.2. The lowest BCUT2D eigenvalue weighted by atomic mass is 10.1. The molecule has 4 heteroatoms. The molecule has 0 saturated carbocycles. The summed E-state index contributed by atoms with van der Waals surface area (Å²) in [6, 6.07) is 7.54. The van der Waals surface area contributed by atoms with E-state index in [9.17, 15) is 4.79 Å². The summed E-state index contributed by atoms with van der Waals surface area (Å²) in [5.41, 5.74) is 0.490. The minimum Gasteiger partial charge on any atom is -0.383 e. The second-order valence-electron chi connectivity index (χ2n) is 3.59. The van der Waals surface area contributed by atoms with Crippen LogP contribution in [0, 0.1) is 5.92 Å². The lowest BCUT2D eigenvalue weighted by molar-refractivity contribution is -0.129. The van der Waals surface area contributed by atoms with Crippen LogP contribution in [0.15, 0.2) is 45.8 Å². The molecule has 1 aromatic carbocycles. The molecule has 1 aromatic rings. The Kier molecular flexibility index (Phi) is 5.09. The first-order valence-electron chi connectivity index (χ1n) is 4.84. The van der Waals surface area contributed by atoms with Gasteiger partial charge in [-0.15, -0.1) is 0 Å². The van der Waals surface area contributed by atoms with Gasteiger partial charge in [-0.05, 0) is 30.2 Å². The topological polar surface area (TPSA) is 26.3 Å². The maximum atomic E-state index is 11.5. The Bertz CT molecular complexity index is 385. The number of carbonyl (C=O) groups is 1. The molecule has 2 nitrogen and oxygen atoms in total. The molecule has 0 spiro atoms. The number of rotatable bonds is 4. The molecule has 0 radical (unpaired) electrons. The van der Waals surface area contributed by atoms with Crippen LogP contribution in [0.3, 0.4) is 0 Å². The second kappa shape index (κ2) is 6.11. The molecule has 0 aliphatic rings. The largest absolute Gasteiger partial charge is 0.383 e. The highest BCUT2D eigenvalue weighted by Crippen LogP contribution is 2.23. The molecule has 0 heterocycles. The average molecular weight is 301 g/mol.